The Morgan fingerprint density at radius 1 is 1.04 bits per heavy atom. The Bertz CT molecular complexity index is 1650. The molecule has 258 valence electrons. The van der Waals surface area contributed by atoms with Crippen LogP contribution in [0.25, 0.3) is 10.9 Å². The van der Waals surface area contributed by atoms with Gasteiger partial charge in [-0.15, -0.1) is 0 Å². The molecule has 3 unspecified atom stereocenters. The van der Waals surface area contributed by atoms with Crippen LogP contribution in [0.3, 0.4) is 0 Å². The second-order valence-corrected chi connectivity index (χ2v) is 13.9. The fraction of sp³-hybridized carbons (Fsp3) is 0.500. The van der Waals surface area contributed by atoms with Gasteiger partial charge in [0.1, 0.15) is 47.4 Å². The average molecular weight is 663 g/mol. The molecule has 0 bridgehead atoms. The minimum absolute atomic E-state index is 0.341. The number of anilines is 3. The SMILES string of the molecule is COc1cc2ncnc(Nc3ccccn3)c2cc1NC(=O)C1CCCN1C(=O)C(NC(=O)C(C)N(C)C(=O)OC(C)(C)C)C(C)(C)C. The van der Waals surface area contributed by atoms with Crippen LogP contribution in [-0.4, -0.2) is 93.0 Å². The lowest BCUT2D eigenvalue weighted by Crippen LogP contribution is -2.59. The number of ether oxygens (including phenoxy) is 2. The maximum atomic E-state index is 14.1. The van der Waals surface area contributed by atoms with Gasteiger partial charge in [0.15, 0.2) is 0 Å². The first-order valence-corrected chi connectivity index (χ1v) is 15.9. The number of carbonyl (C=O) groups excluding carboxylic acids is 4. The van der Waals surface area contributed by atoms with Crippen LogP contribution in [0.5, 0.6) is 5.75 Å². The number of carbonyl (C=O) groups is 4. The summed E-state index contributed by atoms with van der Waals surface area (Å²) < 4.78 is 11.0. The minimum atomic E-state index is -0.972. The Morgan fingerprint density at radius 3 is 2.40 bits per heavy atom. The highest BCUT2D eigenvalue weighted by atomic mass is 16.6. The average Bonchev–Trinajstić information content (AvgIpc) is 3.52. The van der Waals surface area contributed by atoms with E-state index in [0.29, 0.717) is 53.4 Å². The van der Waals surface area contributed by atoms with E-state index in [0.717, 1.165) is 0 Å². The summed E-state index contributed by atoms with van der Waals surface area (Å²) in [6.45, 7) is 12.6. The fourth-order valence-corrected chi connectivity index (χ4v) is 5.27. The predicted octanol–water partition coefficient (Wildman–Crippen LogP) is 4.49. The number of rotatable bonds is 9. The third-order valence-electron chi connectivity index (χ3n) is 8.01. The van der Waals surface area contributed by atoms with Gasteiger partial charge in [0, 0.05) is 31.2 Å². The third kappa shape index (κ3) is 8.47. The van der Waals surface area contributed by atoms with E-state index in [-0.39, 0.29) is 5.91 Å². The summed E-state index contributed by atoms with van der Waals surface area (Å²) in [6, 6.07) is 6.20. The van der Waals surface area contributed by atoms with Crippen molar-refractivity contribution >= 4 is 52.0 Å². The molecule has 2 aromatic heterocycles. The minimum Gasteiger partial charge on any atom is -0.494 e. The van der Waals surface area contributed by atoms with Crippen molar-refractivity contribution in [3.63, 3.8) is 0 Å². The smallest absolute Gasteiger partial charge is 0.410 e. The lowest BCUT2D eigenvalue weighted by Gasteiger charge is -2.36. The number of hydrogen-bond donors (Lipinski definition) is 3. The van der Waals surface area contributed by atoms with Gasteiger partial charge in [-0.2, -0.15) is 0 Å². The summed E-state index contributed by atoms with van der Waals surface area (Å²) in [5, 5.41) is 9.61. The molecule has 3 heterocycles. The van der Waals surface area contributed by atoms with E-state index in [1.165, 1.54) is 30.3 Å². The number of benzene rings is 1. The van der Waals surface area contributed by atoms with E-state index < -0.39 is 47.0 Å². The summed E-state index contributed by atoms with van der Waals surface area (Å²) >= 11 is 0. The van der Waals surface area contributed by atoms with E-state index in [9.17, 15) is 19.2 Å². The van der Waals surface area contributed by atoms with Crippen molar-refractivity contribution in [3.05, 3.63) is 42.9 Å². The molecule has 0 aliphatic carbocycles. The molecule has 4 rings (SSSR count). The molecule has 0 saturated carbocycles. The van der Waals surface area contributed by atoms with E-state index in [2.05, 4.69) is 30.9 Å². The number of methoxy groups -OCH3 is 1. The Hall–Kier alpha value is -5.01. The number of aromatic nitrogens is 3. The zero-order chi connectivity index (χ0) is 35.4. The van der Waals surface area contributed by atoms with Gasteiger partial charge in [0.2, 0.25) is 17.7 Å². The molecule has 3 atom stereocenters. The van der Waals surface area contributed by atoms with Crippen LogP contribution < -0.4 is 20.7 Å². The molecular weight excluding hydrogens is 616 g/mol. The third-order valence-corrected chi connectivity index (χ3v) is 8.01. The number of amides is 4. The van der Waals surface area contributed by atoms with Crippen LogP contribution in [0.15, 0.2) is 42.9 Å². The number of pyridine rings is 1. The number of likely N-dealkylation sites (N-methyl/N-ethyl adjacent to an activating group) is 1. The van der Waals surface area contributed by atoms with E-state index in [1.54, 1.807) is 52.1 Å². The van der Waals surface area contributed by atoms with Gasteiger partial charge in [0.05, 0.1) is 18.3 Å². The molecule has 48 heavy (non-hydrogen) atoms. The van der Waals surface area contributed by atoms with Crippen molar-refractivity contribution in [1.29, 1.82) is 0 Å². The Kier molecular flexibility index (Phi) is 10.8. The van der Waals surface area contributed by atoms with Gasteiger partial charge in [-0.05, 0) is 64.2 Å². The highest BCUT2D eigenvalue weighted by Crippen LogP contribution is 2.34. The molecule has 14 heteroatoms. The van der Waals surface area contributed by atoms with Crippen LogP contribution in [0.2, 0.25) is 0 Å². The molecule has 0 spiro atoms. The second kappa shape index (κ2) is 14.4. The summed E-state index contributed by atoms with van der Waals surface area (Å²) in [7, 11) is 2.96. The number of nitrogens with one attached hydrogen (secondary N) is 3. The van der Waals surface area contributed by atoms with Gasteiger partial charge in [-0.3, -0.25) is 19.3 Å². The van der Waals surface area contributed by atoms with Crippen LogP contribution >= 0.6 is 0 Å². The number of likely N-dealkylation sites (tertiary alicyclic amines) is 1. The molecular formula is C34H46N8O6. The number of nitrogens with zero attached hydrogens (tertiary/aromatic N) is 5. The normalized spacial score (nSPS) is 16.1. The molecule has 1 aliphatic heterocycles. The first-order valence-electron chi connectivity index (χ1n) is 15.9. The first-order chi connectivity index (χ1) is 22.5. The highest BCUT2D eigenvalue weighted by molar-refractivity contribution is 6.03. The quantitative estimate of drug-likeness (QED) is 0.297. The maximum absolute atomic E-state index is 14.1. The molecule has 1 saturated heterocycles. The Morgan fingerprint density at radius 2 is 1.77 bits per heavy atom. The van der Waals surface area contributed by atoms with Crippen LogP contribution in [0, 0.1) is 5.41 Å². The van der Waals surface area contributed by atoms with Gasteiger partial charge in [-0.1, -0.05) is 26.8 Å². The molecule has 3 aromatic rings. The van der Waals surface area contributed by atoms with E-state index in [1.807, 2.05) is 32.9 Å². The lowest BCUT2D eigenvalue weighted by molar-refractivity contribution is -0.143. The molecule has 14 nitrogen and oxygen atoms in total. The Balaban J connectivity index is 1.54. The zero-order valence-electron chi connectivity index (χ0n) is 29.1. The standard InChI is InChI=1S/C34H46N8O6/c1-20(41(8)32(46)48-34(5,6)7)29(43)40-27(33(2,3)4)31(45)42-16-12-13-24(42)30(44)38-23-17-21-22(18-25(23)47-9)36-19-37-28(21)39-26-14-10-11-15-35-26/h10-11,14-15,17-20,24,27H,12-13,16H2,1-9H3,(H,38,44)(H,40,43)(H,35,36,37,39). The monoisotopic (exact) mass is 662 g/mol. The number of hydrogen-bond acceptors (Lipinski definition) is 10. The van der Waals surface area contributed by atoms with Gasteiger partial charge >= 0.3 is 6.09 Å². The molecule has 0 radical (unpaired) electrons. The number of fused-ring (bicyclic) bond motifs is 1. The van der Waals surface area contributed by atoms with Crippen molar-refractivity contribution in [2.24, 2.45) is 5.41 Å². The van der Waals surface area contributed by atoms with Gasteiger partial charge in [-0.25, -0.2) is 19.7 Å². The summed E-state index contributed by atoms with van der Waals surface area (Å²) in [5.74, 6) is 0.162. The van der Waals surface area contributed by atoms with Gasteiger partial charge in [0.25, 0.3) is 0 Å². The first kappa shape index (κ1) is 35.8. The van der Waals surface area contributed by atoms with Crippen molar-refractivity contribution in [1.82, 2.24) is 30.1 Å². The van der Waals surface area contributed by atoms with Crippen LogP contribution in [-0.2, 0) is 19.1 Å². The molecule has 1 aromatic carbocycles. The van der Waals surface area contributed by atoms with Crippen molar-refractivity contribution in [2.45, 2.75) is 85.0 Å². The summed E-state index contributed by atoms with van der Waals surface area (Å²) in [5.41, 5.74) is -0.474. The maximum Gasteiger partial charge on any atom is 0.410 e. The summed E-state index contributed by atoms with van der Waals surface area (Å²) in [4.78, 5) is 69.6. The van der Waals surface area contributed by atoms with Crippen molar-refractivity contribution in [2.75, 3.05) is 31.3 Å². The van der Waals surface area contributed by atoms with Crippen LogP contribution in [0.4, 0.5) is 22.1 Å². The highest BCUT2D eigenvalue weighted by Gasteiger charge is 2.43. The topological polar surface area (TPSA) is 168 Å². The second-order valence-electron chi connectivity index (χ2n) is 13.9. The summed E-state index contributed by atoms with van der Waals surface area (Å²) in [6.07, 6.45) is 3.47. The van der Waals surface area contributed by atoms with E-state index in [4.69, 9.17) is 9.47 Å². The Labute approximate surface area is 281 Å². The van der Waals surface area contributed by atoms with Crippen molar-refractivity contribution < 1.29 is 28.7 Å². The molecule has 3 N–H and O–H groups in total. The van der Waals surface area contributed by atoms with Gasteiger partial charge < -0.3 is 30.3 Å². The molecule has 1 fully saturated rings. The fourth-order valence-electron chi connectivity index (χ4n) is 5.27. The lowest BCUT2D eigenvalue weighted by atomic mass is 9.85. The van der Waals surface area contributed by atoms with Crippen LogP contribution in [0.1, 0.15) is 61.3 Å². The zero-order valence-corrected chi connectivity index (χ0v) is 29.1. The van der Waals surface area contributed by atoms with E-state index >= 15 is 0 Å². The van der Waals surface area contributed by atoms with Crippen molar-refractivity contribution in [3.8, 4) is 5.75 Å². The molecule has 1 aliphatic rings. The predicted molar refractivity (Wildman–Crippen MR) is 182 cm³/mol. The molecule has 4 amide bonds. The largest absolute Gasteiger partial charge is 0.494 e.